The quantitative estimate of drug-likeness (QED) is 0.913. The molecule has 0 spiro atoms. The van der Waals surface area contributed by atoms with Gasteiger partial charge in [0.05, 0.1) is 4.90 Å². The van der Waals surface area contributed by atoms with E-state index in [1.807, 2.05) is 14.0 Å². The molecule has 1 fully saturated rings. The van der Waals surface area contributed by atoms with Crippen LogP contribution in [0.3, 0.4) is 0 Å². The lowest BCUT2D eigenvalue weighted by Gasteiger charge is -2.16. The van der Waals surface area contributed by atoms with Crippen LogP contribution in [0.15, 0.2) is 23.1 Å². The number of aryl methyl sites for hydroxylation is 1. The molecule has 1 aromatic rings. The molecule has 0 bridgehead atoms. The molecule has 0 amide bonds. The van der Waals surface area contributed by atoms with Crippen molar-refractivity contribution in [2.45, 2.75) is 24.8 Å². The minimum absolute atomic E-state index is 0.0969. The van der Waals surface area contributed by atoms with Gasteiger partial charge in [-0.15, -0.1) is 0 Å². The first-order valence-corrected chi connectivity index (χ1v) is 7.75. The number of rotatable bonds is 3. The van der Waals surface area contributed by atoms with E-state index in [1.165, 1.54) is 18.2 Å². The Kier molecular flexibility index (Phi) is 3.94. The van der Waals surface area contributed by atoms with Crippen LogP contribution in [-0.2, 0) is 10.0 Å². The van der Waals surface area contributed by atoms with Gasteiger partial charge in [-0.1, -0.05) is 6.92 Å². The van der Waals surface area contributed by atoms with Crippen molar-refractivity contribution in [3.63, 3.8) is 0 Å². The van der Waals surface area contributed by atoms with Gasteiger partial charge < -0.3 is 4.90 Å². The highest BCUT2D eigenvalue weighted by atomic mass is 32.2. The third-order valence-corrected chi connectivity index (χ3v) is 5.03. The maximum absolute atomic E-state index is 13.2. The summed E-state index contributed by atoms with van der Waals surface area (Å²) in [6, 6.07) is 3.75. The summed E-state index contributed by atoms with van der Waals surface area (Å²) >= 11 is 0. The summed E-state index contributed by atoms with van der Waals surface area (Å²) in [4.78, 5) is 2.21. The lowest BCUT2D eigenvalue weighted by atomic mass is 10.1. The molecule has 2 unspecified atom stereocenters. The lowest BCUT2D eigenvalue weighted by Crippen LogP contribution is -2.39. The molecule has 2 rings (SSSR count). The van der Waals surface area contributed by atoms with Gasteiger partial charge >= 0.3 is 0 Å². The zero-order valence-electron chi connectivity index (χ0n) is 11.4. The Morgan fingerprint density at radius 3 is 2.58 bits per heavy atom. The maximum atomic E-state index is 13.2. The van der Waals surface area contributed by atoms with Gasteiger partial charge in [-0.2, -0.15) is 0 Å². The summed E-state index contributed by atoms with van der Waals surface area (Å²) < 4.78 is 40.4. The molecule has 4 nitrogen and oxygen atoms in total. The first-order chi connectivity index (χ1) is 8.79. The molecule has 1 N–H and O–H groups in total. The van der Waals surface area contributed by atoms with E-state index in [2.05, 4.69) is 9.62 Å². The van der Waals surface area contributed by atoms with Crippen LogP contribution in [0.1, 0.15) is 12.5 Å². The van der Waals surface area contributed by atoms with E-state index in [0.29, 0.717) is 12.1 Å². The van der Waals surface area contributed by atoms with Crippen molar-refractivity contribution in [3.05, 3.63) is 29.6 Å². The van der Waals surface area contributed by atoms with Gasteiger partial charge in [-0.3, -0.25) is 0 Å². The molecule has 1 heterocycles. The lowest BCUT2D eigenvalue weighted by molar-refractivity contribution is 0.400. The monoisotopic (exact) mass is 286 g/mol. The molecule has 1 aromatic carbocycles. The normalized spacial score (nSPS) is 24.8. The molecule has 106 valence electrons. The predicted molar refractivity (Wildman–Crippen MR) is 71.9 cm³/mol. The summed E-state index contributed by atoms with van der Waals surface area (Å²) in [5.41, 5.74) is 0.333. The molecule has 1 saturated heterocycles. The van der Waals surface area contributed by atoms with Crippen molar-refractivity contribution < 1.29 is 12.8 Å². The zero-order valence-corrected chi connectivity index (χ0v) is 12.2. The van der Waals surface area contributed by atoms with E-state index in [0.717, 1.165) is 6.54 Å². The number of hydrogen-bond acceptors (Lipinski definition) is 3. The number of halogens is 1. The fraction of sp³-hybridized carbons (Fsp3) is 0.538. The van der Waals surface area contributed by atoms with Crippen molar-refractivity contribution in [2.75, 3.05) is 20.1 Å². The smallest absolute Gasteiger partial charge is 0.240 e. The second-order valence-corrected chi connectivity index (χ2v) is 7.05. The standard InChI is InChI=1S/C13H19FN2O2S/c1-9-6-11(4-5-12(9)14)19(17,18)15-13-8-16(3)7-10(13)2/h4-6,10,13,15H,7-8H2,1-3H3. The summed E-state index contributed by atoms with van der Waals surface area (Å²) in [7, 11) is -1.62. The number of likely N-dealkylation sites (tertiary alicyclic amines) is 1. The van der Waals surface area contributed by atoms with Gasteiger partial charge in [0.15, 0.2) is 0 Å². The molecule has 6 heteroatoms. The SMILES string of the molecule is Cc1cc(S(=O)(=O)NC2CN(C)CC2C)ccc1F. The summed E-state index contributed by atoms with van der Waals surface area (Å²) in [6.07, 6.45) is 0. The van der Waals surface area contributed by atoms with Crippen molar-refractivity contribution in [3.8, 4) is 0 Å². The van der Waals surface area contributed by atoms with Gasteiger partial charge in [0.1, 0.15) is 5.82 Å². The van der Waals surface area contributed by atoms with Crippen LogP contribution in [0.5, 0.6) is 0 Å². The first kappa shape index (κ1) is 14.4. The molecule has 1 aliphatic rings. The van der Waals surface area contributed by atoms with Crippen LogP contribution in [0.2, 0.25) is 0 Å². The Labute approximate surface area is 113 Å². The van der Waals surface area contributed by atoms with Crippen LogP contribution in [0.25, 0.3) is 0 Å². The summed E-state index contributed by atoms with van der Waals surface area (Å²) in [5, 5.41) is 0. The molecule has 0 saturated carbocycles. The Morgan fingerprint density at radius 1 is 1.37 bits per heavy atom. The fourth-order valence-corrected chi connectivity index (χ4v) is 3.83. The largest absolute Gasteiger partial charge is 0.304 e. The van der Waals surface area contributed by atoms with E-state index in [4.69, 9.17) is 0 Å². The highest BCUT2D eigenvalue weighted by Gasteiger charge is 2.31. The van der Waals surface area contributed by atoms with Crippen molar-refractivity contribution >= 4 is 10.0 Å². The molecule has 0 aliphatic carbocycles. The number of nitrogens with zero attached hydrogens (tertiary/aromatic N) is 1. The number of nitrogens with one attached hydrogen (secondary N) is 1. The van der Waals surface area contributed by atoms with Crippen LogP contribution in [-0.4, -0.2) is 39.5 Å². The fourth-order valence-electron chi connectivity index (χ4n) is 2.41. The average molecular weight is 286 g/mol. The number of hydrogen-bond donors (Lipinski definition) is 1. The topological polar surface area (TPSA) is 49.4 Å². The minimum atomic E-state index is -3.58. The molecule has 0 aromatic heterocycles. The van der Waals surface area contributed by atoms with Gasteiger partial charge in [-0.25, -0.2) is 17.5 Å². The van der Waals surface area contributed by atoms with Crippen LogP contribution < -0.4 is 4.72 Å². The number of sulfonamides is 1. The van der Waals surface area contributed by atoms with Crippen molar-refractivity contribution in [1.29, 1.82) is 0 Å². The molecular formula is C13H19FN2O2S. The van der Waals surface area contributed by atoms with Gasteiger partial charge in [-0.05, 0) is 43.7 Å². The summed E-state index contributed by atoms with van der Waals surface area (Å²) in [5.74, 6) is -0.130. The van der Waals surface area contributed by atoms with Crippen molar-refractivity contribution in [1.82, 2.24) is 9.62 Å². The Bertz CT molecular complexity index is 574. The predicted octanol–water partition coefficient (Wildman–Crippen LogP) is 1.36. The van der Waals surface area contributed by atoms with E-state index in [9.17, 15) is 12.8 Å². The van der Waals surface area contributed by atoms with Gasteiger partial charge in [0.25, 0.3) is 0 Å². The Hall–Kier alpha value is -0.980. The van der Waals surface area contributed by atoms with Crippen LogP contribution >= 0.6 is 0 Å². The van der Waals surface area contributed by atoms with Crippen LogP contribution in [0.4, 0.5) is 4.39 Å². The second kappa shape index (κ2) is 5.19. The van der Waals surface area contributed by atoms with Gasteiger partial charge in [0.2, 0.25) is 10.0 Å². The number of likely N-dealkylation sites (N-methyl/N-ethyl adjacent to an activating group) is 1. The van der Waals surface area contributed by atoms with Gasteiger partial charge in [0, 0.05) is 19.1 Å². The Balaban J connectivity index is 2.20. The van der Waals surface area contributed by atoms with E-state index in [-0.39, 0.29) is 16.9 Å². The van der Waals surface area contributed by atoms with E-state index < -0.39 is 15.8 Å². The molecular weight excluding hydrogens is 267 g/mol. The third-order valence-electron chi connectivity index (χ3n) is 3.54. The highest BCUT2D eigenvalue weighted by Crippen LogP contribution is 2.19. The molecule has 2 atom stereocenters. The molecule has 1 aliphatic heterocycles. The maximum Gasteiger partial charge on any atom is 0.240 e. The first-order valence-electron chi connectivity index (χ1n) is 6.26. The van der Waals surface area contributed by atoms with Crippen LogP contribution in [0, 0.1) is 18.7 Å². The molecule has 0 radical (unpaired) electrons. The minimum Gasteiger partial charge on any atom is -0.304 e. The summed E-state index contributed by atoms with van der Waals surface area (Å²) in [6.45, 7) is 5.14. The van der Waals surface area contributed by atoms with E-state index >= 15 is 0 Å². The Morgan fingerprint density at radius 2 is 2.05 bits per heavy atom. The zero-order chi connectivity index (χ0) is 14.2. The second-order valence-electron chi connectivity index (χ2n) is 5.34. The average Bonchev–Trinajstić information content (AvgIpc) is 2.60. The van der Waals surface area contributed by atoms with E-state index in [1.54, 1.807) is 6.92 Å². The third kappa shape index (κ3) is 3.13. The van der Waals surface area contributed by atoms with Crippen molar-refractivity contribution in [2.24, 2.45) is 5.92 Å². The highest BCUT2D eigenvalue weighted by molar-refractivity contribution is 7.89. The number of benzene rings is 1. The molecule has 19 heavy (non-hydrogen) atoms.